The van der Waals surface area contributed by atoms with E-state index in [-0.39, 0.29) is 29.5 Å². The molecule has 1 aromatic carbocycles. The van der Waals surface area contributed by atoms with Crippen molar-refractivity contribution in [3.8, 4) is 0 Å². The molecule has 5 N–H and O–H groups in total. The lowest BCUT2D eigenvalue weighted by Gasteiger charge is -2.33. The fourth-order valence-corrected chi connectivity index (χ4v) is 8.51. The van der Waals surface area contributed by atoms with E-state index in [1.807, 2.05) is 0 Å². The van der Waals surface area contributed by atoms with E-state index in [1.54, 1.807) is 48.5 Å². The van der Waals surface area contributed by atoms with E-state index in [1.165, 1.54) is 4.90 Å². The molecular formula is C38H47Br2N7O5. The molecule has 0 unspecified atom stereocenters. The van der Waals surface area contributed by atoms with Crippen LogP contribution in [-0.4, -0.2) is 80.9 Å². The second-order valence-corrected chi connectivity index (χ2v) is 16.7. The van der Waals surface area contributed by atoms with E-state index < -0.39 is 11.8 Å². The first-order valence-electron chi connectivity index (χ1n) is 17.6. The quantitative estimate of drug-likeness (QED) is 0.156. The predicted octanol–water partition coefficient (Wildman–Crippen LogP) is 5.94. The van der Waals surface area contributed by atoms with Crippen LogP contribution >= 0.6 is 31.9 Å². The van der Waals surface area contributed by atoms with Crippen molar-refractivity contribution in [1.82, 2.24) is 14.9 Å². The van der Waals surface area contributed by atoms with Crippen LogP contribution in [0.3, 0.4) is 0 Å². The summed E-state index contributed by atoms with van der Waals surface area (Å²) in [5.74, 6) is 0.708. The Bertz CT molecular complexity index is 1820. The van der Waals surface area contributed by atoms with E-state index in [9.17, 15) is 19.2 Å². The number of amides is 4. The number of nitrogens with zero attached hydrogens (tertiary/aromatic N) is 5. The largest absolute Gasteiger partial charge is 0.396 e. The lowest BCUT2D eigenvalue weighted by Crippen LogP contribution is -2.40. The highest BCUT2D eigenvalue weighted by Crippen LogP contribution is 2.41. The number of primary amides is 2. The third-order valence-corrected chi connectivity index (χ3v) is 11.2. The number of aliphatic hydroxyl groups excluding tert-OH is 1. The highest BCUT2D eigenvalue weighted by Gasteiger charge is 2.42. The SMILES string of the molecule is CC1(C)C[C@H](CCCN2C(=O)c3ccccc3C2=O)CN1c1nc(Br)ccc1C(N)=O.CC1(C)C[C@H](CCCO)CN1c1nc(Br)ccc1C(N)=O. The first kappa shape index (κ1) is 39.3. The van der Waals surface area contributed by atoms with Crippen LogP contribution in [0.5, 0.6) is 0 Å². The van der Waals surface area contributed by atoms with Crippen molar-refractivity contribution in [1.29, 1.82) is 0 Å². The summed E-state index contributed by atoms with van der Waals surface area (Å²) in [5, 5.41) is 9.00. The molecule has 0 spiro atoms. The van der Waals surface area contributed by atoms with E-state index in [2.05, 4.69) is 79.3 Å². The predicted molar refractivity (Wildman–Crippen MR) is 207 cm³/mol. The Hall–Kier alpha value is -3.88. The van der Waals surface area contributed by atoms with Crippen LogP contribution in [-0.2, 0) is 0 Å². The highest BCUT2D eigenvalue weighted by atomic mass is 79.9. The zero-order valence-corrected chi connectivity index (χ0v) is 33.2. The normalized spacial score (nSPS) is 20.2. The number of carbonyl (C=O) groups is 4. The monoisotopic (exact) mass is 839 g/mol. The molecule has 0 saturated carbocycles. The summed E-state index contributed by atoms with van der Waals surface area (Å²) in [6, 6.07) is 13.8. The van der Waals surface area contributed by atoms with Crippen molar-refractivity contribution in [3.05, 3.63) is 80.0 Å². The van der Waals surface area contributed by atoms with E-state index in [0.29, 0.717) is 61.5 Å². The number of hydrogen-bond donors (Lipinski definition) is 3. The Morgan fingerprint density at radius 1 is 0.750 bits per heavy atom. The van der Waals surface area contributed by atoms with Crippen LogP contribution in [0.4, 0.5) is 11.6 Å². The third kappa shape index (κ3) is 8.50. The molecule has 278 valence electrons. The Labute approximate surface area is 321 Å². The molecule has 3 aliphatic rings. The number of benzene rings is 1. The number of fused-ring (bicyclic) bond motifs is 1. The molecule has 0 aliphatic carbocycles. The van der Waals surface area contributed by atoms with Gasteiger partial charge in [-0.05, 0) is 146 Å². The van der Waals surface area contributed by atoms with Crippen molar-refractivity contribution in [2.45, 2.75) is 77.3 Å². The van der Waals surface area contributed by atoms with Gasteiger partial charge in [-0.25, -0.2) is 9.97 Å². The van der Waals surface area contributed by atoms with Gasteiger partial charge in [0, 0.05) is 37.3 Å². The molecule has 3 aliphatic heterocycles. The number of halogens is 2. The molecule has 6 rings (SSSR count). The van der Waals surface area contributed by atoms with E-state index in [4.69, 9.17) is 16.6 Å². The van der Waals surface area contributed by atoms with Gasteiger partial charge in [-0.1, -0.05) is 12.1 Å². The third-order valence-electron chi connectivity index (χ3n) is 10.3. The fourth-order valence-electron chi connectivity index (χ4n) is 7.91. The molecule has 52 heavy (non-hydrogen) atoms. The second-order valence-electron chi connectivity index (χ2n) is 15.0. The zero-order valence-electron chi connectivity index (χ0n) is 30.1. The summed E-state index contributed by atoms with van der Waals surface area (Å²) < 4.78 is 1.34. The van der Waals surface area contributed by atoms with Gasteiger partial charge >= 0.3 is 0 Å². The van der Waals surface area contributed by atoms with Crippen LogP contribution < -0.4 is 21.3 Å². The molecule has 2 aromatic heterocycles. The summed E-state index contributed by atoms with van der Waals surface area (Å²) in [7, 11) is 0. The zero-order chi connectivity index (χ0) is 38.0. The molecule has 14 heteroatoms. The van der Waals surface area contributed by atoms with Gasteiger partial charge in [0.1, 0.15) is 20.8 Å². The maximum Gasteiger partial charge on any atom is 0.261 e. The fraction of sp³-hybridized carbons (Fsp3) is 0.474. The number of aliphatic hydroxyl groups is 1. The lowest BCUT2D eigenvalue weighted by atomic mass is 9.93. The van der Waals surface area contributed by atoms with Gasteiger partial charge in [0.25, 0.3) is 23.6 Å². The molecule has 2 atom stereocenters. The van der Waals surface area contributed by atoms with Crippen LogP contribution in [0.1, 0.15) is 108 Å². The summed E-state index contributed by atoms with van der Waals surface area (Å²) in [5.41, 5.74) is 12.6. The molecule has 12 nitrogen and oxygen atoms in total. The molecule has 2 fully saturated rings. The molecular weight excluding hydrogens is 794 g/mol. The highest BCUT2D eigenvalue weighted by molar-refractivity contribution is 9.10. The first-order valence-corrected chi connectivity index (χ1v) is 19.2. The minimum Gasteiger partial charge on any atom is -0.396 e. The minimum absolute atomic E-state index is 0.0852. The minimum atomic E-state index is -0.500. The number of rotatable bonds is 11. The van der Waals surface area contributed by atoms with Crippen LogP contribution in [0.25, 0.3) is 0 Å². The number of nitrogens with two attached hydrogens (primary N) is 2. The number of pyridine rings is 2. The Morgan fingerprint density at radius 2 is 1.17 bits per heavy atom. The van der Waals surface area contributed by atoms with Crippen LogP contribution in [0, 0.1) is 11.8 Å². The van der Waals surface area contributed by atoms with Gasteiger partial charge in [-0.15, -0.1) is 0 Å². The molecule has 5 heterocycles. The topological polar surface area (TPSA) is 176 Å². The summed E-state index contributed by atoms with van der Waals surface area (Å²) >= 11 is 6.75. The first-order chi connectivity index (χ1) is 24.5. The van der Waals surface area contributed by atoms with Crippen molar-refractivity contribution in [3.63, 3.8) is 0 Å². The van der Waals surface area contributed by atoms with Gasteiger partial charge in [-0.3, -0.25) is 24.1 Å². The number of aromatic nitrogens is 2. The molecule has 3 aromatic rings. The molecule has 0 radical (unpaired) electrons. The van der Waals surface area contributed by atoms with Crippen molar-refractivity contribution in [2.75, 3.05) is 36.0 Å². The maximum atomic E-state index is 12.5. The van der Waals surface area contributed by atoms with Crippen molar-refractivity contribution < 1.29 is 24.3 Å². The molecule has 4 amide bonds. The van der Waals surface area contributed by atoms with Crippen molar-refractivity contribution >= 4 is 67.1 Å². The summed E-state index contributed by atoms with van der Waals surface area (Å²) in [4.78, 5) is 63.4. The van der Waals surface area contributed by atoms with Crippen LogP contribution in [0.15, 0.2) is 57.7 Å². The smallest absolute Gasteiger partial charge is 0.261 e. The van der Waals surface area contributed by atoms with Gasteiger partial charge in [0.05, 0.1) is 22.3 Å². The second kappa shape index (κ2) is 16.0. The van der Waals surface area contributed by atoms with Crippen LogP contribution in [0.2, 0.25) is 0 Å². The number of hydrogen-bond acceptors (Lipinski definition) is 9. The average molecular weight is 842 g/mol. The molecule has 0 bridgehead atoms. The number of imide groups is 1. The van der Waals surface area contributed by atoms with Gasteiger partial charge in [0.2, 0.25) is 0 Å². The summed E-state index contributed by atoms with van der Waals surface area (Å²) in [6.45, 7) is 10.8. The Balaban J connectivity index is 0.000000217. The Kier molecular flexibility index (Phi) is 12.1. The van der Waals surface area contributed by atoms with Gasteiger partial charge in [0.15, 0.2) is 0 Å². The summed E-state index contributed by atoms with van der Waals surface area (Å²) in [6.07, 6.45) is 5.32. The molecule has 2 saturated heterocycles. The average Bonchev–Trinajstić information content (AvgIpc) is 3.66. The lowest BCUT2D eigenvalue weighted by molar-refractivity contribution is 0.0649. The maximum absolute atomic E-state index is 12.5. The van der Waals surface area contributed by atoms with Crippen molar-refractivity contribution in [2.24, 2.45) is 23.3 Å². The Morgan fingerprint density at radius 3 is 1.58 bits per heavy atom. The van der Waals surface area contributed by atoms with Gasteiger partial charge < -0.3 is 26.4 Å². The van der Waals surface area contributed by atoms with E-state index >= 15 is 0 Å². The number of anilines is 2. The van der Waals surface area contributed by atoms with E-state index in [0.717, 1.165) is 51.6 Å². The number of carbonyl (C=O) groups excluding carboxylic acids is 4. The standard InChI is InChI=1S/C23H25BrN4O3.C15H22BrN3O2/c1-23(2)12-14(13-28(23)20-17(19(25)29)9-10-18(24)26-20)6-5-11-27-21(30)15-7-3-4-8-16(15)22(27)31;1-15(2)8-10(4-3-7-20)9-19(15)14-11(13(17)21)5-6-12(16)18-14/h3-4,7-10,14H,5-6,11-13H2,1-2H3,(H2,25,29);5-6,10,20H,3-4,7-9H2,1-2H3,(H2,17,21)/t14-;10-/m00/s1. The van der Waals surface area contributed by atoms with Gasteiger partial charge in [-0.2, -0.15) is 0 Å².